The maximum Gasteiger partial charge on any atom is 0.305 e. The molecule has 0 fully saturated rings. The van der Waals surface area contributed by atoms with E-state index in [0.29, 0.717) is 6.42 Å². The SMILES string of the molecule is CCC(CC(=O)O)NC(=O)C(C)CN. The van der Waals surface area contributed by atoms with Gasteiger partial charge in [-0.25, -0.2) is 0 Å². The van der Waals surface area contributed by atoms with Gasteiger partial charge in [0.15, 0.2) is 0 Å². The summed E-state index contributed by atoms with van der Waals surface area (Å²) in [6.07, 6.45) is 0.564. The van der Waals surface area contributed by atoms with Crippen LogP contribution < -0.4 is 11.1 Å². The van der Waals surface area contributed by atoms with Gasteiger partial charge in [-0.15, -0.1) is 0 Å². The van der Waals surface area contributed by atoms with Gasteiger partial charge in [-0.3, -0.25) is 9.59 Å². The number of carbonyl (C=O) groups excluding carboxylic acids is 1. The minimum Gasteiger partial charge on any atom is -0.481 e. The number of rotatable bonds is 6. The van der Waals surface area contributed by atoms with Gasteiger partial charge < -0.3 is 16.2 Å². The molecule has 0 saturated heterocycles. The highest BCUT2D eigenvalue weighted by molar-refractivity contribution is 5.79. The highest BCUT2D eigenvalue weighted by Crippen LogP contribution is 2.00. The van der Waals surface area contributed by atoms with Gasteiger partial charge in [0.05, 0.1) is 6.42 Å². The third-order valence-electron chi connectivity index (χ3n) is 2.06. The Kier molecular flexibility index (Phi) is 5.87. The molecule has 0 radical (unpaired) electrons. The molecule has 0 spiro atoms. The van der Waals surface area contributed by atoms with Crippen molar-refractivity contribution in [3.8, 4) is 0 Å². The third kappa shape index (κ3) is 4.81. The van der Waals surface area contributed by atoms with Crippen LogP contribution in [0, 0.1) is 5.92 Å². The molecule has 0 aromatic heterocycles. The van der Waals surface area contributed by atoms with Gasteiger partial charge in [-0.05, 0) is 6.42 Å². The Hall–Kier alpha value is -1.10. The summed E-state index contributed by atoms with van der Waals surface area (Å²) in [5, 5.41) is 11.2. The van der Waals surface area contributed by atoms with Crippen molar-refractivity contribution in [1.82, 2.24) is 5.32 Å². The van der Waals surface area contributed by atoms with E-state index in [1.807, 2.05) is 6.92 Å². The van der Waals surface area contributed by atoms with Crippen molar-refractivity contribution in [2.75, 3.05) is 6.54 Å². The largest absolute Gasteiger partial charge is 0.481 e. The first-order valence-electron chi connectivity index (χ1n) is 4.73. The Balaban J connectivity index is 4.04. The smallest absolute Gasteiger partial charge is 0.305 e. The summed E-state index contributed by atoms with van der Waals surface area (Å²) in [5.74, 6) is -1.35. The fraction of sp³-hybridized carbons (Fsp3) is 0.778. The molecule has 14 heavy (non-hydrogen) atoms. The summed E-state index contributed by atoms with van der Waals surface area (Å²) in [6, 6.07) is -0.297. The quantitative estimate of drug-likeness (QED) is 0.563. The Morgan fingerprint density at radius 2 is 2.07 bits per heavy atom. The number of carboxylic acids is 1. The predicted octanol–water partition coefficient (Wildman–Crippen LogP) is -0.0493. The number of amides is 1. The predicted molar refractivity (Wildman–Crippen MR) is 52.7 cm³/mol. The van der Waals surface area contributed by atoms with Gasteiger partial charge in [0.1, 0.15) is 0 Å². The van der Waals surface area contributed by atoms with Crippen molar-refractivity contribution in [2.24, 2.45) is 11.7 Å². The zero-order chi connectivity index (χ0) is 11.1. The molecule has 4 N–H and O–H groups in total. The van der Waals surface area contributed by atoms with E-state index in [0.717, 1.165) is 0 Å². The molecule has 0 aliphatic rings. The van der Waals surface area contributed by atoms with Crippen molar-refractivity contribution >= 4 is 11.9 Å². The zero-order valence-electron chi connectivity index (χ0n) is 8.62. The summed E-state index contributed by atoms with van der Waals surface area (Å²) in [5.41, 5.74) is 5.31. The van der Waals surface area contributed by atoms with Crippen molar-refractivity contribution in [2.45, 2.75) is 32.7 Å². The number of aliphatic carboxylic acids is 1. The van der Waals surface area contributed by atoms with Crippen LogP contribution >= 0.6 is 0 Å². The molecule has 0 aromatic carbocycles. The minimum atomic E-state index is -0.905. The lowest BCUT2D eigenvalue weighted by molar-refractivity contribution is -0.137. The van der Waals surface area contributed by atoms with Crippen LogP contribution in [0.5, 0.6) is 0 Å². The van der Waals surface area contributed by atoms with Crippen molar-refractivity contribution in [3.63, 3.8) is 0 Å². The Morgan fingerprint density at radius 3 is 2.43 bits per heavy atom. The van der Waals surface area contributed by atoms with Gasteiger partial charge in [-0.1, -0.05) is 13.8 Å². The first kappa shape index (κ1) is 12.9. The highest BCUT2D eigenvalue weighted by Gasteiger charge is 2.17. The molecule has 0 aliphatic carbocycles. The molecule has 82 valence electrons. The lowest BCUT2D eigenvalue weighted by Crippen LogP contribution is -2.41. The van der Waals surface area contributed by atoms with Crippen LogP contribution in [0.4, 0.5) is 0 Å². The number of hydrogen-bond acceptors (Lipinski definition) is 3. The second kappa shape index (κ2) is 6.37. The number of nitrogens with one attached hydrogen (secondary N) is 1. The van der Waals surface area contributed by atoms with Crippen LogP contribution in [0.2, 0.25) is 0 Å². The molecular formula is C9H18N2O3. The topological polar surface area (TPSA) is 92.4 Å². The van der Waals surface area contributed by atoms with Crippen molar-refractivity contribution in [1.29, 1.82) is 0 Å². The van der Waals surface area contributed by atoms with Crippen molar-refractivity contribution < 1.29 is 14.7 Å². The molecule has 0 bridgehead atoms. The summed E-state index contributed by atoms with van der Waals surface area (Å²) in [6.45, 7) is 3.82. The maximum atomic E-state index is 11.3. The van der Waals surface area contributed by atoms with E-state index in [2.05, 4.69) is 5.32 Å². The molecule has 5 nitrogen and oxygen atoms in total. The van der Waals surface area contributed by atoms with E-state index in [4.69, 9.17) is 10.8 Å². The Labute approximate surface area is 83.7 Å². The van der Waals surface area contributed by atoms with E-state index < -0.39 is 5.97 Å². The average molecular weight is 202 g/mol. The Bertz CT molecular complexity index is 206. The number of carbonyl (C=O) groups is 2. The van der Waals surface area contributed by atoms with Crippen LogP contribution in [-0.2, 0) is 9.59 Å². The average Bonchev–Trinajstić information content (AvgIpc) is 2.14. The van der Waals surface area contributed by atoms with Gasteiger partial charge in [0, 0.05) is 18.5 Å². The highest BCUT2D eigenvalue weighted by atomic mass is 16.4. The number of hydrogen-bond donors (Lipinski definition) is 3. The lowest BCUT2D eigenvalue weighted by Gasteiger charge is -2.17. The van der Waals surface area contributed by atoms with E-state index in [-0.39, 0.29) is 30.8 Å². The number of carboxylic acid groups (broad SMARTS) is 1. The second-order valence-corrected chi connectivity index (χ2v) is 3.35. The van der Waals surface area contributed by atoms with E-state index >= 15 is 0 Å². The molecule has 0 rings (SSSR count). The summed E-state index contributed by atoms with van der Waals surface area (Å²) in [7, 11) is 0. The molecule has 0 aromatic rings. The molecule has 2 atom stereocenters. The third-order valence-corrected chi connectivity index (χ3v) is 2.06. The molecule has 2 unspecified atom stereocenters. The van der Waals surface area contributed by atoms with Gasteiger partial charge in [0.25, 0.3) is 0 Å². The Morgan fingerprint density at radius 1 is 1.50 bits per heavy atom. The molecule has 0 aliphatic heterocycles. The van der Waals surface area contributed by atoms with Crippen LogP contribution in [0.1, 0.15) is 26.7 Å². The summed E-state index contributed by atoms with van der Waals surface area (Å²) in [4.78, 5) is 21.8. The normalized spacial score (nSPS) is 14.5. The molecule has 1 amide bonds. The monoisotopic (exact) mass is 202 g/mol. The molecule has 0 heterocycles. The summed E-state index contributed by atoms with van der Waals surface area (Å²) >= 11 is 0. The van der Waals surface area contributed by atoms with Gasteiger partial charge in [0.2, 0.25) is 5.91 Å². The van der Waals surface area contributed by atoms with E-state index in [9.17, 15) is 9.59 Å². The fourth-order valence-electron chi connectivity index (χ4n) is 0.959. The standard InChI is InChI=1S/C9H18N2O3/c1-3-7(4-8(12)13)11-9(14)6(2)5-10/h6-7H,3-5,10H2,1-2H3,(H,11,14)(H,12,13). The van der Waals surface area contributed by atoms with E-state index in [1.165, 1.54) is 0 Å². The maximum absolute atomic E-state index is 11.3. The fourth-order valence-corrected chi connectivity index (χ4v) is 0.959. The zero-order valence-corrected chi connectivity index (χ0v) is 8.62. The first-order valence-corrected chi connectivity index (χ1v) is 4.73. The second-order valence-electron chi connectivity index (χ2n) is 3.35. The lowest BCUT2D eigenvalue weighted by atomic mass is 10.1. The van der Waals surface area contributed by atoms with Gasteiger partial charge >= 0.3 is 5.97 Å². The van der Waals surface area contributed by atoms with E-state index in [1.54, 1.807) is 6.92 Å². The van der Waals surface area contributed by atoms with Crippen LogP contribution in [0.25, 0.3) is 0 Å². The van der Waals surface area contributed by atoms with Crippen LogP contribution in [0.3, 0.4) is 0 Å². The van der Waals surface area contributed by atoms with Crippen molar-refractivity contribution in [3.05, 3.63) is 0 Å². The minimum absolute atomic E-state index is 0.0421. The molecular weight excluding hydrogens is 184 g/mol. The summed E-state index contributed by atoms with van der Waals surface area (Å²) < 4.78 is 0. The van der Waals surface area contributed by atoms with Gasteiger partial charge in [-0.2, -0.15) is 0 Å². The molecule has 5 heteroatoms. The molecule has 0 saturated carbocycles. The van der Waals surface area contributed by atoms with Crippen LogP contribution in [-0.4, -0.2) is 29.6 Å². The first-order chi connectivity index (χ1) is 6.51. The number of nitrogens with two attached hydrogens (primary N) is 1. The van der Waals surface area contributed by atoms with Crippen LogP contribution in [0.15, 0.2) is 0 Å².